The number of nitrogens with one attached hydrogen (secondary N) is 2. The van der Waals surface area contributed by atoms with Gasteiger partial charge in [-0.2, -0.15) is 0 Å². The lowest BCUT2D eigenvalue weighted by atomic mass is 10.2. The summed E-state index contributed by atoms with van der Waals surface area (Å²) in [6.45, 7) is 1.69. The molecule has 2 amide bonds. The zero-order chi connectivity index (χ0) is 21.1. The smallest absolute Gasteiger partial charge is 0.267 e. The molecule has 150 valence electrons. The standard InChI is InChI=1S/C19H14FN7O2S/c1-11-16(30-19(22-11)13-2-6-14(20)7-3-13)18(29)24-23-17(28)12-4-8-15(9-5-12)27-10-21-25-26-27/h2-10H,1H3,(H,23,28)(H,24,29). The summed E-state index contributed by atoms with van der Waals surface area (Å²) < 4.78 is 14.5. The van der Waals surface area contributed by atoms with E-state index < -0.39 is 11.8 Å². The van der Waals surface area contributed by atoms with Crippen molar-refractivity contribution in [1.82, 2.24) is 36.0 Å². The zero-order valence-corrected chi connectivity index (χ0v) is 16.4. The molecule has 0 atom stereocenters. The second-order valence-corrected chi connectivity index (χ2v) is 7.15. The summed E-state index contributed by atoms with van der Waals surface area (Å²) in [5.41, 5.74) is 7.02. The number of carbonyl (C=O) groups is 2. The molecule has 0 aliphatic heterocycles. The van der Waals surface area contributed by atoms with Crippen LogP contribution in [-0.2, 0) is 0 Å². The van der Waals surface area contributed by atoms with Crippen LogP contribution >= 0.6 is 11.3 Å². The van der Waals surface area contributed by atoms with Crippen molar-refractivity contribution >= 4 is 23.2 Å². The van der Waals surface area contributed by atoms with Crippen molar-refractivity contribution in [2.75, 3.05) is 0 Å². The third kappa shape index (κ3) is 4.05. The van der Waals surface area contributed by atoms with Gasteiger partial charge in [-0.1, -0.05) is 0 Å². The van der Waals surface area contributed by atoms with E-state index in [-0.39, 0.29) is 5.82 Å². The third-order valence-corrected chi connectivity index (χ3v) is 5.33. The Labute approximate surface area is 173 Å². The number of tetrazole rings is 1. The molecule has 0 aliphatic rings. The number of hydrazine groups is 1. The van der Waals surface area contributed by atoms with Crippen LogP contribution in [0.4, 0.5) is 4.39 Å². The lowest BCUT2D eigenvalue weighted by Crippen LogP contribution is -2.41. The molecule has 0 spiro atoms. The minimum Gasteiger partial charge on any atom is -0.267 e. The fourth-order valence-electron chi connectivity index (χ4n) is 2.61. The molecular weight excluding hydrogens is 409 g/mol. The number of halogens is 1. The molecule has 11 heteroatoms. The predicted octanol–water partition coefficient (Wildman–Crippen LogP) is 2.31. The number of hydrogen-bond acceptors (Lipinski definition) is 7. The lowest BCUT2D eigenvalue weighted by Gasteiger charge is -2.07. The maximum Gasteiger partial charge on any atom is 0.281 e. The molecule has 2 N–H and O–H groups in total. The first-order chi connectivity index (χ1) is 14.5. The second kappa shape index (κ2) is 8.17. The van der Waals surface area contributed by atoms with Crippen LogP contribution in [0.1, 0.15) is 25.7 Å². The molecule has 2 heterocycles. The summed E-state index contributed by atoms with van der Waals surface area (Å²) in [6, 6.07) is 12.4. The molecule has 30 heavy (non-hydrogen) atoms. The van der Waals surface area contributed by atoms with Crippen molar-refractivity contribution in [3.05, 3.63) is 76.8 Å². The van der Waals surface area contributed by atoms with E-state index in [0.29, 0.717) is 32.4 Å². The average Bonchev–Trinajstić information content (AvgIpc) is 3.42. The van der Waals surface area contributed by atoms with Crippen LogP contribution in [0.25, 0.3) is 16.3 Å². The number of carbonyl (C=O) groups excluding carboxylic acids is 2. The quantitative estimate of drug-likeness (QED) is 0.487. The van der Waals surface area contributed by atoms with E-state index >= 15 is 0 Å². The molecule has 0 saturated heterocycles. The van der Waals surface area contributed by atoms with Gasteiger partial charge >= 0.3 is 0 Å². The van der Waals surface area contributed by atoms with Gasteiger partial charge in [-0.3, -0.25) is 20.4 Å². The van der Waals surface area contributed by atoms with Crippen LogP contribution in [-0.4, -0.2) is 37.0 Å². The highest BCUT2D eigenvalue weighted by molar-refractivity contribution is 7.17. The normalized spacial score (nSPS) is 10.6. The van der Waals surface area contributed by atoms with Crippen LogP contribution in [0, 0.1) is 12.7 Å². The second-order valence-electron chi connectivity index (χ2n) is 6.15. The highest BCUT2D eigenvalue weighted by atomic mass is 32.1. The van der Waals surface area contributed by atoms with Gasteiger partial charge in [0, 0.05) is 11.1 Å². The average molecular weight is 423 g/mol. The Morgan fingerprint density at radius 2 is 1.70 bits per heavy atom. The zero-order valence-electron chi connectivity index (χ0n) is 15.5. The van der Waals surface area contributed by atoms with Gasteiger partial charge in [0.05, 0.1) is 11.4 Å². The van der Waals surface area contributed by atoms with Crippen molar-refractivity contribution < 1.29 is 14.0 Å². The molecule has 0 bridgehead atoms. The van der Waals surface area contributed by atoms with Gasteiger partial charge in [0.15, 0.2) is 0 Å². The van der Waals surface area contributed by atoms with Crippen molar-refractivity contribution in [3.63, 3.8) is 0 Å². The Morgan fingerprint density at radius 1 is 1.00 bits per heavy atom. The largest absolute Gasteiger partial charge is 0.281 e. The topological polar surface area (TPSA) is 115 Å². The van der Waals surface area contributed by atoms with Crippen LogP contribution < -0.4 is 10.9 Å². The van der Waals surface area contributed by atoms with E-state index in [1.54, 1.807) is 43.3 Å². The Kier molecular flexibility index (Phi) is 5.26. The van der Waals surface area contributed by atoms with Gasteiger partial charge in [-0.05, 0) is 65.9 Å². The molecule has 0 unspecified atom stereocenters. The molecule has 2 aromatic carbocycles. The highest BCUT2D eigenvalue weighted by Crippen LogP contribution is 2.27. The first-order valence-corrected chi connectivity index (χ1v) is 9.50. The summed E-state index contributed by atoms with van der Waals surface area (Å²) in [5.74, 6) is -1.32. The van der Waals surface area contributed by atoms with Gasteiger partial charge in [-0.25, -0.2) is 14.1 Å². The molecule has 4 rings (SSSR count). The first kappa shape index (κ1) is 19.3. The van der Waals surface area contributed by atoms with E-state index in [9.17, 15) is 14.0 Å². The molecule has 2 aromatic heterocycles. The van der Waals surface area contributed by atoms with E-state index in [1.165, 1.54) is 23.1 Å². The Hall–Kier alpha value is -3.99. The Morgan fingerprint density at radius 3 is 2.37 bits per heavy atom. The van der Waals surface area contributed by atoms with Crippen LogP contribution in [0.15, 0.2) is 54.9 Å². The maximum atomic E-state index is 13.1. The predicted molar refractivity (Wildman–Crippen MR) is 106 cm³/mol. The molecule has 4 aromatic rings. The number of nitrogens with zero attached hydrogens (tertiary/aromatic N) is 5. The minimum atomic E-state index is -0.489. The van der Waals surface area contributed by atoms with Crippen molar-refractivity contribution in [3.8, 4) is 16.3 Å². The van der Waals surface area contributed by atoms with Crippen LogP contribution in [0.3, 0.4) is 0 Å². The third-order valence-electron chi connectivity index (χ3n) is 4.13. The van der Waals surface area contributed by atoms with Crippen molar-refractivity contribution in [2.45, 2.75) is 6.92 Å². The Bertz CT molecular complexity index is 1190. The molecule has 9 nitrogen and oxygen atoms in total. The summed E-state index contributed by atoms with van der Waals surface area (Å²) in [7, 11) is 0. The van der Waals surface area contributed by atoms with Crippen LogP contribution in [0.5, 0.6) is 0 Å². The summed E-state index contributed by atoms with van der Waals surface area (Å²) in [4.78, 5) is 29.5. The maximum absolute atomic E-state index is 13.1. The Balaban J connectivity index is 1.41. The minimum absolute atomic E-state index is 0.347. The number of aryl methyl sites for hydroxylation is 1. The molecule has 0 radical (unpaired) electrons. The summed E-state index contributed by atoms with van der Waals surface area (Å²) in [5, 5.41) is 11.5. The molecular formula is C19H14FN7O2S. The molecule has 0 fully saturated rings. The van der Waals surface area contributed by atoms with Gasteiger partial charge in [0.25, 0.3) is 11.8 Å². The van der Waals surface area contributed by atoms with Gasteiger partial charge in [-0.15, -0.1) is 16.4 Å². The highest BCUT2D eigenvalue weighted by Gasteiger charge is 2.17. The summed E-state index contributed by atoms with van der Waals surface area (Å²) in [6.07, 6.45) is 1.44. The number of amides is 2. The summed E-state index contributed by atoms with van der Waals surface area (Å²) >= 11 is 1.16. The van der Waals surface area contributed by atoms with E-state index in [4.69, 9.17) is 0 Å². The van der Waals surface area contributed by atoms with Gasteiger partial charge < -0.3 is 0 Å². The van der Waals surface area contributed by atoms with Gasteiger partial charge in [0.2, 0.25) is 0 Å². The number of thiazole rings is 1. The first-order valence-electron chi connectivity index (χ1n) is 8.69. The van der Waals surface area contributed by atoms with E-state index in [1.807, 2.05) is 0 Å². The number of aromatic nitrogens is 5. The SMILES string of the molecule is Cc1nc(-c2ccc(F)cc2)sc1C(=O)NNC(=O)c1ccc(-n2cnnn2)cc1. The fraction of sp³-hybridized carbons (Fsp3) is 0.0526. The number of hydrogen-bond donors (Lipinski definition) is 2. The van der Waals surface area contributed by atoms with Gasteiger partial charge in [0.1, 0.15) is 22.0 Å². The van der Waals surface area contributed by atoms with Crippen LogP contribution in [0.2, 0.25) is 0 Å². The number of benzene rings is 2. The van der Waals surface area contributed by atoms with E-state index in [2.05, 4.69) is 31.4 Å². The fourth-order valence-corrected chi connectivity index (χ4v) is 3.58. The van der Waals surface area contributed by atoms with Crippen molar-refractivity contribution in [2.24, 2.45) is 0 Å². The molecule has 0 saturated carbocycles. The van der Waals surface area contributed by atoms with E-state index in [0.717, 1.165) is 11.3 Å². The van der Waals surface area contributed by atoms with Crippen molar-refractivity contribution in [1.29, 1.82) is 0 Å². The monoisotopic (exact) mass is 423 g/mol. The molecule has 0 aliphatic carbocycles. The lowest BCUT2D eigenvalue weighted by molar-refractivity contribution is 0.0848. The number of rotatable bonds is 4.